The minimum Gasteiger partial charge on any atom is -0.314 e. The van der Waals surface area contributed by atoms with Crippen LogP contribution >= 0.6 is 0 Å². The Hall–Kier alpha value is -0.0800. The highest BCUT2D eigenvalue weighted by Crippen LogP contribution is 2.29. The standard InChI is InChI=1S/C16H34N2/c1-5-18(6-2)13-7-12-17-16-10-8-15(9-11-16)14(3)4/h14-17H,5-13H2,1-4H3. The number of nitrogens with one attached hydrogen (secondary N) is 1. The summed E-state index contributed by atoms with van der Waals surface area (Å²) in [5.41, 5.74) is 0. The van der Waals surface area contributed by atoms with Gasteiger partial charge in [-0.15, -0.1) is 0 Å². The van der Waals surface area contributed by atoms with Crippen LogP contribution in [0, 0.1) is 11.8 Å². The second kappa shape index (κ2) is 8.92. The summed E-state index contributed by atoms with van der Waals surface area (Å²) in [6.07, 6.45) is 6.96. The minimum atomic E-state index is 0.803. The van der Waals surface area contributed by atoms with E-state index < -0.39 is 0 Å². The van der Waals surface area contributed by atoms with Crippen molar-refractivity contribution in [2.45, 2.75) is 65.8 Å². The Balaban J connectivity index is 2.04. The molecule has 0 bridgehead atoms. The van der Waals surface area contributed by atoms with Gasteiger partial charge in [0.15, 0.2) is 0 Å². The molecule has 0 spiro atoms. The predicted molar refractivity (Wildman–Crippen MR) is 81.0 cm³/mol. The van der Waals surface area contributed by atoms with Crippen LogP contribution < -0.4 is 5.32 Å². The molecule has 0 radical (unpaired) electrons. The molecule has 0 aliphatic heterocycles. The molecule has 0 heterocycles. The number of hydrogen-bond donors (Lipinski definition) is 1. The highest BCUT2D eigenvalue weighted by atomic mass is 15.1. The van der Waals surface area contributed by atoms with Crippen molar-refractivity contribution in [3.63, 3.8) is 0 Å². The van der Waals surface area contributed by atoms with Gasteiger partial charge in [-0.3, -0.25) is 0 Å². The molecule has 2 heteroatoms. The van der Waals surface area contributed by atoms with Crippen LogP contribution in [0.4, 0.5) is 0 Å². The Kier molecular flexibility index (Phi) is 7.92. The second-order valence-corrected chi connectivity index (χ2v) is 6.19. The zero-order chi connectivity index (χ0) is 13.4. The molecule has 1 saturated carbocycles. The third-order valence-electron chi connectivity index (χ3n) is 4.69. The van der Waals surface area contributed by atoms with E-state index in [-0.39, 0.29) is 0 Å². The van der Waals surface area contributed by atoms with Gasteiger partial charge in [0.05, 0.1) is 0 Å². The van der Waals surface area contributed by atoms with Gasteiger partial charge in [0.25, 0.3) is 0 Å². The van der Waals surface area contributed by atoms with Crippen LogP contribution in [0.1, 0.15) is 59.8 Å². The summed E-state index contributed by atoms with van der Waals surface area (Å²) in [6.45, 7) is 14.1. The van der Waals surface area contributed by atoms with Gasteiger partial charge in [-0.05, 0) is 70.1 Å². The van der Waals surface area contributed by atoms with Crippen molar-refractivity contribution in [3.05, 3.63) is 0 Å². The summed E-state index contributed by atoms with van der Waals surface area (Å²) in [5, 5.41) is 3.76. The zero-order valence-corrected chi connectivity index (χ0v) is 13.0. The maximum Gasteiger partial charge on any atom is 0.00672 e. The number of nitrogens with zero attached hydrogens (tertiary/aromatic N) is 1. The lowest BCUT2D eigenvalue weighted by molar-refractivity contribution is 0.234. The van der Waals surface area contributed by atoms with Crippen LogP contribution in [0.2, 0.25) is 0 Å². The molecule has 0 unspecified atom stereocenters. The molecule has 1 N–H and O–H groups in total. The van der Waals surface area contributed by atoms with Crippen molar-refractivity contribution < 1.29 is 0 Å². The predicted octanol–water partition coefficient (Wildman–Crippen LogP) is 3.52. The average molecular weight is 254 g/mol. The van der Waals surface area contributed by atoms with Gasteiger partial charge >= 0.3 is 0 Å². The molecule has 1 aliphatic carbocycles. The van der Waals surface area contributed by atoms with E-state index in [1.54, 1.807) is 0 Å². The monoisotopic (exact) mass is 254 g/mol. The van der Waals surface area contributed by atoms with Crippen molar-refractivity contribution >= 4 is 0 Å². The molecule has 0 aromatic rings. The lowest BCUT2D eigenvalue weighted by Crippen LogP contribution is -2.36. The first-order valence-corrected chi connectivity index (χ1v) is 8.13. The van der Waals surface area contributed by atoms with Gasteiger partial charge in [0.1, 0.15) is 0 Å². The van der Waals surface area contributed by atoms with E-state index >= 15 is 0 Å². The van der Waals surface area contributed by atoms with Gasteiger partial charge in [-0.25, -0.2) is 0 Å². The zero-order valence-electron chi connectivity index (χ0n) is 13.0. The normalized spacial score (nSPS) is 25.0. The summed E-state index contributed by atoms with van der Waals surface area (Å²) < 4.78 is 0. The molecule has 0 saturated heterocycles. The fourth-order valence-corrected chi connectivity index (χ4v) is 3.14. The largest absolute Gasteiger partial charge is 0.314 e. The average Bonchev–Trinajstić information content (AvgIpc) is 2.39. The molecular weight excluding hydrogens is 220 g/mol. The van der Waals surface area contributed by atoms with Gasteiger partial charge in [0, 0.05) is 6.04 Å². The smallest absolute Gasteiger partial charge is 0.00672 e. The van der Waals surface area contributed by atoms with Crippen molar-refractivity contribution in [3.8, 4) is 0 Å². The number of rotatable bonds is 8. The van der Waals surface area contributed by atoms with E-state index in [1.165, 1.54) is 58.3 Å². The summed E-state index contributed by atoms with van der Waals surface area (Å²) in [7, 11) is 0. The number of hydrogen-bond acceptors (Lipinski definition) is 2. The molecule has 0 aromatic heterocycles. The maximum absolute atomic E-state index is 3.76. The van der Waals surface area contributed by atoms with Gasteiger partial charge in [-0.1, -0.05) is 27.7 Å². The third kappa shape index (κ3) is 5.71. The lowest BCUT2D eigenvalue weighted by atomic mass is 9.80. The van der Waals surface area contributed by atoms with Gasteiger partial charge < -0.3 is 10.2 Å². The van der Waals surface area contributed by atoms with Crippen LogP contribution in [-0.4, -0.2) is 37.1 Å². The SMILES string of the molecule is CCN(CC)CCCNC1CCC(C(C)C)CC1. The molecule has 0 amide bonds. The Morgan fingerprint density at radius 2 is 1.67 bits per heavy atom. The molecule has 0 aromatic carbocycles. The quantitative estimate of drug-likeness (QED) is 0.667. The molecule has 108 valence electrons. The molecule has 1 rings (SSSR count). The third-order valence-corrected chi connectivity index (χ3v) is 4.69. The van der Waals surface area contributed by atoms with Gasteiger partial charge in [0.2, 0.25) is 0 Å². The Morgan fingerprint density at radius 3 is 2.17 bits per heavy atom. The summed E-state index contributed by atoms with van der Waals surface area (Å²) in [5.74, 6) is 1.87. The van der Waals surface area contributed by atoms with E-state index in [1.807, 2.05) is 0 Å². The van der Waals surface area contributed by atoms with Crippen molar-refractivity contribution in [1.82, 2.24) is 10.2 Å². The molecule has 2 nitrogen and oxygen atoms in total. The summed E-state index contributed by atoms with van der Waals surface area (Å²) in [4.78, 5) is 2.51. The summed E-state index contributed by atoms with van der Waals surface area (Å²) in [6, 6.07) is 0.803. The molecule has 0 atom stereocenters. The molecule has 1 fully saturated rings. The fraction of sp³-hybridized carbons (Fsp3) is 1.00. The first-order chi connectivity index (χ1) is 8.67. The van der Waals surface area contributed by atoms with Crippen molar-refractivity contribution in [1.29, 1.82) is 0 Å². The lowest BCUT2D eigenvalue weighted by Gasteiger charge is -2.31. The second-order valence-electron chi connectivity index (χ2n) is 6.19. The van der Waals surface area contributed by atoms with E-state index in [4.69, 9.17) is 0 Å². The van der Waals surface area contributed by atoms with E-state index in [0.717, 1.165) is 17.9 Å². The van der Waals surface area contributed by atoms with Crippen LogP contribution in [0.15, 0.2) is 0 Å². The highest BCUT2D eigenvalue weighted by molar-refractivity contribution is 4.78. The topological polar surface area (TPSA) is 15.3 Å². The van der Waals surface area contributed by atoms with E-state index in [0.29, 0.717) is 0 Å². The minimum absolute atomic E-state index is 0.803. The van der Waals surface area contributed by atoms with Crippen molar-refractivity contribution in [2.75, 3.05) is 26.2 Å². The highest BCUT2D eigenvalue weighted by Gasteiger charge is 2.22. The van der Waals surface area contributed by atoms with Gasteiger partial charge in [-0.2, -0.15) is 0 Å². The van der Waals surface area contributed by atoms with Crippen LogP contribution in [0.25, 0.3) is 0 Å². The first kappa shape index (κ1) is 16.0. The van der Waals surface area contributed by atoms with E-state index in [9.17, 15) is 0 Å². The molecular formula is C16H34N2. The Labute approximate surface area is 115 Å². The Bertz CT molecular complexity index is 191. The Morgan fingerprint density at radius 1 is 1.06 bits per heavy atom. The first-order valence-electron chi connectivity index (χ1n) is 8.13. The van der Waals surface area contributed by atoms with Crippen LogP contribution in [0.3, 0.4) is 0 Å². The molecule has 18 heavy (non-hydrogen) atoms. The maximum atomic E-state index is 3.76. The summed E-state index contributed by atoms with van der Waals surface area (Å²) >= 11 is 0. The van der Waals surface area contributed by atoms with Crippen molar-refractivity contribution in [2.24, 2.45) is 11.8 Å². The van der Waals surface area contributed by atoms with Crippen LogP contribution in [0.5, 0.6) is 0 Å². The van der Waals surface area contributed by atoms with Crippen LogP contribution in [-0.2, 0) is 0 Å². The fourth-order valence-electron chi connectivity index (χ4n) is 3.14. The molecule has 1 aliphatic rings. The van der Waals surface area contributed by atoms with E-state index in [2.05, 4.69) is 37.9 Å².